The van der Waals surface area contributed by atoms with Crippen molar-refractivity contribution >= 4 is 18.0 Å². The van der Waals surface area contributed by atoms with E-state index >= 15 is 0 Å². The quantitative estimate of drug-likeness (QED) is 0.625. The van der Waals surface area contributed by atoms with Gasteiger partial charge in [0.25, 0.3) is 5.91 Å². The number of carboxylic acid groups (broad SMARTS) is 1. The van der Waals surface area contributed by atoms with Crippen LogP contribution in [-0.4, -0.2) is 41.4 Å². The number of amides is 1. The van der Waals surface area contributed by atoms with Crippen LogP contribution < -0.4 is 5.32 Å². The van der Waals surface area contributed by atoms with Gasteiger partial charge >= 0.3 is 12.1 Å². The average Bonchev–Trinajstić information content (AvgIpc) is 3.18. The van der Waals surface area contributed by atoms with Crippen molar-refractivity contribution in [3.8, 4) is 0 Å². The van der Waals surface area contributed by atoms with Gasteiger partial charge in [0.1, 0.15) is 6.10 Å². The summed E-state index contributed by atoms with van der Waals surface area (Å²) in [5, 5.41) is 12.5. The van der Waals surface area contributed by atoms with Crippen molar-refractivity contribution in [1.29, 1.82) is 0 Å². The number of carbonyl (C=O) groups is 3. The molecule has 0 spiro atoms. The minimum Gasteiger partial charge on any atom is -0.479 e. The molecule has 1 fully saturated rings. The Morgan fingerprint density at radius 3 is 2.60 bits per heavy atom. The molecule has 1 aromatic rings. The van der Waals surface area contributed by atoms with E-state index in [0.717, 1.165) is 0 Å². The number of ether oxygens (including phenoxy) is 2. The van der Waals surface area contributed by atoms with Gasteiger partial charge in [0.15, 0.2) is 5.54 Å². The van der Waals surface area contributed by atoms with Crippen LogP contribution in [0.15, 0.2) is 42.5 Å². The fourth-order valence-corrected chi connectivity index (χ4v) is 3.62. The van der Waals surface area contributed by atoms with Crippen LogP contribution in [0.5, 0.6) is 0 Å². The van der Waals surface area contributed by atoms with Gasteiger partial charge in [-0.05, 0) is 25.5 Å². The number of benzene rings is 1. The second-order valence-corrected chi connectivity index (χ2v) is 6.11. The molecular weight excluding hydrogens is 326 g/mol. The molecule has 2 aliphatic rings. The zero-order valence-corrected chi connectivity index (χ0v) is 13.7. The molecule has 2 aliphatic carbocycles. The number of nitrogens with one attached hydrogen (secondary N) is 1. The molecule has 0 aromatic heterocycles. The molecule has 7 nitrogen and oxygen atoms in total. The summed E-state index contributed by atoms with van der Waals surface area (Å²) < 4.78 is 10.1. The Morgan fingerprint density at radius 2 is 1.96 bits per heavy atom. The first-order valence-corrected chi connectivity index (χ1v) is 8.11. The Hall–Kier alpha value is -2.83. The number of aliphatic carboxylic acids is 1. The van der Waals surface area contributed by atoms with Crippen molar-refractivity contribution in [2.75, 3.05) is 6.61 Å². The zero-order chi connectivity index (χ0) is 18.0. The molecule has 0 radical (unpaired) electrons. The van der Waals surface area contributed by atoms with Crippen LogP contribution in [-0.2, 0) is 14.3 Å². The molecule has 1 amide bonds. The predicted molar refractivity (Wildman–Crippen MR) is 86.9 cm³/mol. The van der Waals surface area contributed by atoms with Crippen molar-refractivity contribution < 1.29 is 29.0 Å². The van der Waals surface area contributed by atoms with E-state index in [-0.39, 0.29) is 12.5 Å². The van der Waals surface area contributed by atoms with Gasteiger partial charge in [0.2, 0.25) is 0 Å². The Morgan fingerprint density at radius 1 is 1.24 bits per heavy atom. The van der Waals surface area contributed by atoms with Crippen molar-refractivity contribution in [2.24, 2.45) is 11.8 Å². The molecule has 3 rings (SSSR count). The normalized spacial score (nSPS) is 29.2. The summed E-state index contributed by atoms with van der Waals surface area (Å²) >= 11 is 0. The standard InChI is InChI=1S/C18H19NO6/c1-2-24-17(23)25-14-12-8-9-13(10-12)18(14,16(21)22)19-15(20)11-6-4-3-5-7-11/h3-9,12-14H,2,10H2,1H3,(H,19,20)(H,21,22)/t12-,13+,14-,18+/m1/s1. The van der Waals surface area contributed by atoms with E-state index in [1.165, 1.54) is 0 Å². The number of carbonyl (C=O) groups excluding carboxylic acids is 2. The third kappa shape index (κ3) is 2.86. The lowest BCUT2D eigenvalue weighted by Gasteiger charge is -2.37. The van der Waals surface area contributed by atoms with E-state index in [4.69, 9.17) is 9.47 Å². The van der Waals surface area contributed by atoms with E-state index in [9.17, 15) is 19.5 Å². The van der Waals surface area contributed by atoms with Gasteiger partial charge in [-0.2, -0.15) is 0 Å². The highest BCUT2D eigenvalue weighted by Gasteiger charge is 2.64. The second kappa shape index (κ2) is 6.58. The molecule has 1 saturated carbocycles. The average molecular weight is 345 g/mol. The second-order valence-electron chi connectivity index (χ2n) is 6.11. The Labute approximate surface area is 144 Å². The van der Waals surface area contributed by atoms with Crippen LogP contribution in [0, 0.1) is 11.8 Å². The van der Waals surface area contributed by atoms with Gasteiger partial charge in [-0.15, -0.1) is 0 Å². The smallest absolute Gasteiger partial charge is 0.479 e. The number of hydrogen-bond acceptors (Lipinski definition) is 5. The van der Waals surface area contributed by atoms with Crippen LogP contribution in [0.1, 0.15) is 23.7 Å². The fraction of sp³-hybridized carbons (Fsp3) is 0.389. The highest BCUT2D eigenvalue weighted by atomic mass is 16.7. The van der Waals surface area contributed by atoms with Crippen molar-refractivity contribution in [3.05, 3.63) is 48.0 Å². The van der Waals surface area contributed by atoms with Gasteiger partial charge < -0.3 is 19.9 Å². The maximum absolute atomic E-state index is 12.6. The maximum atomic E-state index is 12.6. The van der Waals surface area contributed by atoms with Gasteiger partial charge in [0, 0.05) is 17.4 Å². The molecule has 0 heterocycles. The molecule has 1 aromatic carbocycles. The lowest BCUT2D eigenvalue weighted by molar-refractivity contribution is -0.151. The van der Waals surface area contributed by atoms with E-state index in [1.807, 2.05) is 6.08 Å². The van der Waals surface area contributed by atoms with Crippen LogP contribution in [0.2, 0.25) is 0 Å². The number of carboxylic acids is 1. The monoisotopic (exact) mass is 345 g/mol. The molecule has 25 heavy (non-hydrogen) atoms. The number of rotatable bonds is 5. The van der Waals surface area contributed by atoms with Crippen molar-refractivity contribution in [1.82, 2.24) is 5.32 Å². The molecule has 0 saturated heterocycles. The summed E-state index contributed by atoms with van der Waals surface area (Å²) in [7, 11) is 0. The lowest BCUT2D eigenvalue weighted by atomic mass is 9.81. The topological polar surface area (TPSA) is 102 Å². The molecule has 0 unspecified atom stereocenters. The summed E-state index contributed by atoms with van der Waals surface area (Å²) in [5.41, 5.74) is -1.37. The minimum absolute atomic E-state index is 0.117. The van der Waals surface area contributed by atoms with Gasteiger partial charge in [0.05, 0.1) is 6.61 Å². The molecule has 132 valence electrons. The molecular formula is C18H19NO6. The van der Waals surface area contributed by atoms with E-state index < -0.39 is 35.6 Å². The van der Waals surface area contributed by atoms with Crippen molar-refractivity contribution in [3.63, 3.8) is 0 Å². The zero-order valence-electron chi connectivity index (χ0n) is 13.7. The summed E-state index contributed by atoms with van der Waals surface area (Å²) in [6, 6.07) is 8.33. The Balaban J connectivity index is 1.91. The summed E-state index contributed by atoms with van der Waals surface area (Å²) in [5.74, 6) is -2.49. The molecule has 4 atom stereocenters. The van der Waals surface area contributed by atoms with E-state index in [2.05, 4.69) is 5.32 Å². The lowest BCUT2D eigenvalue weighted by Crippen LogP contribution is -2.65. The molecule has 7 heteroatoms. The summed E-state index contributed by atoms with van der Waals surface area (Å²) in [4.78, 5) is 36.5. The van der Waals surface area contributed by atoms with Gasteiger partial charge in [-0.25, -0.2) is 9.59 Å². The molecule has 0 aliphatic heterocycles. The predicted octanol–water partition coefficient (Wildman–Crippen LogP) is 1.99. The van der Waals surface area contributed by atoms with Gasteiger partial charge in [-0.1, -0.05) is 30.4 Å². The third-order valence-electron chi connectivity index (χ3n) is 4.73. The summed E-state index contributed by atoms with van der Waals surface area (Å²) in [6.45, 7) is 1.75. The SMILES string of the molecule is CCOC(=O)O[C@@H]1[C@@H]2C=C[C@@H](C2)[C@@]1(NC(=O)c1ccccc1)C(=O)O. The van der Waals surface area contributed by atoms with Crippen LogP contribution in [0.25, 0.3) is 0 Å². The number of fused-ring (bicyclic) bond motifs is 2. The van der Waals surface area contributed by atoms with Crippen LogP contribution >= 0.6 is 0 Å². The first kappa shape index (κ1) is 17.0. The highest BCUT2D eigenvalue weighted by molar-refractivity contribution is 5.98. The third-order valence-corrected chi connectivity index (χ3v) is 4.73. The van der Waals surface area contributed by atoms with E-state index in [1.54, 1.807) is 43.3 Å². The van der Waals surface area contributed by atoms with Crippen LogP contribution in [0.4, 0.5) is 4.79 Å². The largest absolute Gasteiger partial charge is 0.508 e. The fourth-order valence-electron chi connectivity index (χ4n) is 3.62. The summed E-state index contributed by atoms with van der Waals surface area (Å²) in [6.07, 6.45) is 2.12. The van der Waals surface area contributed by atoms with Crippen LogP contribution in [0.3, 0.4) is 0 Å². The highest BCUT2D eigenvalue weighted by Crippen LogP contribution is 2.48. The Kier molecular flexibility index (Phi) is 4.48. The molecule has 2 bridgehead atoms. The van der Waals surface area contributed by atoms with E-state index in [0.29, 0.717) is 12.0 Å². The minimum atomic E-state index is -1.71. The van der Waals surface area contributed by atoms with Gasteiger partial charge in [-0.3, -0.25) is 4.79 Å². The first-order valence-electron chi connectivity index (χ1n) is 8.11. The maximum Gasteiger partial charge on any atom is 0.508 e. The van der Waals surface area contributed by atoms with Crippen molar-refractivity contribution in [2.45, 2.75) is 25.0 Å². The molecule has 2 N–H and O–H groups in total. The first-order chi connectivity index (χ1) is 12.0. The Bertz CT molecular complexity index is 716. The number of hydrogen-bond donors (Lipinski definition) is 2.